The fourth-order valence-electron chi connectivity index (χ4n) is 9.86. The van der Waals surface area contributed by atoms with Crippen molar-refractivity contribution in [2.24, 2.45) is 17.3 Å². The molecule has 52 heavy (non-hydrogen) atoms. The average molecular weight is 714 g/mol. The van der Waals surface area contributed by atoms with Crippen LogP contribution >= 0.6 is 0 Å². The Morgan fingerprint density at radius 2 is 1.81 bits per heavy atom. The van der Waals surface area contributed by atoms with Gasteiger partial charge in [0.25, 0.3) is 0 Å². The molecule has 1 aliphatic heterocycles. The number of piperazine rings is 1. The second-order valence-electron chi connectivity index (χ2n) is 16.8. The van der Waals surface area contributed by atoms with Gasteiger partial charge in [0.2, 0.25) is 5.91 Å². The smallest absolute Gasteiger partial charge is 0.410 e. The summed E-state index contributed by atoms with van der Waals surface area (Å²) in [5, 5.41) is 21.9. The maximum absolute atomic E-state index is 13.2. The van der Waals surface area contributed by atoms with Crippen LogP contribution in [-0.2, 0) is 19.1 Å². The maximum atomic E-state index is 13.2. The van der Waals surface area contributed by atoms with Gasteiger partial charge in [0.15, 0.2) is 5.78 Å². The number of carboxylic acids is 1. The summed E-state index contributed by atoms with van der Waals surface area (Å²) in [7, 11) is 1.99. The van der Waals surface area contributed by atoms with Crippen molar-refractivity contribution < 1.29 is 34.1 Å². The van der Waals surface area contributed by atoms with Crippen molar-refractivity contribution in [3.63, 3.8) is 0 Å². The second-order valence-corrected chi connectivity index (χ2v) is 16.8. The fourth-order valence-corrected chi connectivity index (χ4v) is 9.86. The van der Waals surface area contributed by atoms with Crippen molar-refractivity contribution in [2.45, 2.75) is 116 Å². The lowest BCUT2D eigenvalue weighted by molar-refractivity contribution is -0.153. The molecule has 4 aliphatic carbocycles. The molecule has 0 aromatic heterocycles. The van der Waals surface area contributed by atoms with Crippen LogP contribution in [0.15, 0.2) is 47.1 Å². The summed E-state index contributed by atoms with van der Waals surface area (Å²) in [6.45, 7) is 10.2. The number of ether oxygens (including phenoxy) is 1. The number of ketones is 1. The topological polar surface area (TPSA) is 128 Å². The Kier molecular flexibility index (Phi) is 10.4. The summed E-state index contributed by atoms with van der Waals surface area (Å²) in [6, 6.07) is 7.52. The molecule has 2 amide bonds. The lowest BCUT2D eigenvalue weighted by atomic mass is 9.51. The van der Waals surface area contributed by atoms with Crippen LogP contribution in [0.2, 0.25) is 0 Å². The van der Waals surface area contributed by atoms with Gasteiger partial charge in [-0.3, -0.25) is 9.59 Å². The van der Waals surface area contributed by atoms with Gasteiger partial charge in [-0.1, -0.05) is 30.6 Å². The van der Waals surface area contributed by atoms with Crippen molar-refractivity contribution >= 4 is 29.4 Å². The quantitative estimate of drug-likeness (QED) is 0.325. The number of amides is 2. The van der Waals surface area contributed by atoms with Crippen LogP contribution in [0.3, 0.4) is 0 Å². The van der Waals surface area contributed by atoms with Crippen molar-refractivity contribution in [1.82, 2.24) is 9.80 Å². The van der Waals surface area contributed by atoms with E-state index in [9.17, 15) is 29.4 Å². The third-order valence-electron chi connectivity index (χ3n) is 12.5. The molecule has 6 rings (SSSR count). The van der Waals surface area contributed by atoms with Gasteiger partial charge < -0.3 is 29.6 Å². The molecule has 3 fully saturated rings. The van der Waals surface area contributed by atoms with E-state index in [-0.39, 0.29) is 49.1 Å². The third-order valence-corrected chi connectivity index (χ3v) is 12.5. The minimum absolute atomic E-state index is 0.108. The van der Waals surface area contributed by atoms with Crippen LogP contribution < -0.4 is 4.90 Å². The Morgan fingerprint density at radius 3 is 2.48 bits per heavy atom. The molecule has 10 nitrogen and oxygen atoms in total. The third kappa shape index (κ3) is 7.13. The van der Waals surface area contributed by atoms with Gasteiger partial charge in [-0.25, -0.2) is 9.59 Å². The van der Waals surface area contributed by atoms with Gasteiger partial charge in [0.1, 0.15) is 17.2 Å². The lowest BCUT2D eigenvalue weighted by Crippen LogP contribution is -2.59. The number of aliphatic carboxylic acids is 1. The van der Waals surface area contributed by atoms with E-state index in [4.69, 9.17) is 4.74 Å². The summed E-state index contributed by atoms with van der Waals surface area (Å²) in [5.74, 6) is 5.94. The number of carbonyl (C=O) groups excluding carboxylic acids is 3. The zero-order chi connectivity index (χ0) is 37.6. The molecular formula is C42H55N3O7. The Bertz CT molecular complexity index is 1730. The zero-order valence-electron chi connectivity index (χ0n) is 31.7. The molecule has 10 heteroatoms. The molecule has 1 unspecified atom stereocenters. The Hall–Kier alpha value is -4.10. The number of benzene rings is 1. The molecule has 6 atom stereocenters. The fraction of sp³-hybridized carbons (Fsp3) is 0.619. The molecule has 0 bridgehead atoms. The molecular weight excluding hydrogens is 658 g/mol. The van der Waals surface area contributed by atoms with Gasteiger partial charge in [-0.05, 0) is 119 Å². The normalized spacial score (nSPS) is 30.0. The summed E-state index contributed by atoms with van der Waals surface area (Å²) >= 11 is 0. The number of nitrogens with zero attached hydrogens (tertiary/aromatic N) is 3. The predicted molar refractivity (Wildman–Crippen MR) is 199 cm³/mol. The van der Waals surface area contributed by atoms with Crippen LogP contribution in [0.5, 0.6) is 0 Å². The summed E-state index contributed by atoms with van der Waals surface area (Å²) in [4.78, 5) is 55.2. The lowest BCUT2D eigenvalue weighted by Gasteiger charge is -2.53. The van der Waals surface area contributed by atoms with Gasteiger partial charge in [-0.2, -0.15) is 0 Å². The first kappa shape index (κ1) is 37.7. The van der Waals surface area contributed by atoms with Crippen molar-refractivity contribution in [1.29, 1.82) is 0 Å². The highest BCUT2D eigenvalue weighted by molar-refractivity contribution is 5.93. The number of fused-ring (bicyclic) bond motifs is 4. The van der Waals surface area contributed by atoms with Gasteiger partial charge in [0.05, 0.1) is 6.54 Å². The Labute approximate surface area is 308 Å². The van der Waals surface area contributed by atoms with Crippen molar-refractivity contribution in [2.75, 3.05) is 38.1 Å². The molecule has 1 heterocycles. The Morgan fingerprint density at radius 1 is 1.08 bits per heavy atom. The Balaban J connectivity index is 1.14. The minimum Gasteiger partial charge on any atom is -0.480 e. The number of aliphatic hydroxyl groups is 1. The highest BCUT2D eigenvalue weighted by atomic mass is 16.6. The molecule has 280 valence electrons. The minimum atomic E-state index is -1.14. The summed E-state index contributed by atoms with van der Waals surface area (Å²) in [5.41, 5.74) is 4.23. The predicted octanol–water partition coefficient (Wildman–Crippen LogP) is 6.09. The highest BCUT2D eigenvalue weighted by Gasteiger charge is 2.62. The SMILES string of the molecule is CC#C[C@]1(O)CC[C@H]2[C@@H]3CCC4=CC(=O)CCC4=C3[C@@H](c3ccc(N(C)CCCC(=O)N4CCN(C(=O)OC(C)(C)C)CC4C(=O)O)cc3)C[C@@]21C. The van der Waals surface area contributed by atoms with Crippen molar-refractivity contribution in [3.05, 3.63) is 52.6 Å². The summed E-state index contributed by atoms with van der Waals surface area (Å²) < 4.78 is 5.42. The number of carboxylic acid groups (broad SMARTS) is 1. The first-order valence-electron chi connectivity index (χ1n) is 19.0. The van der Waals surface area contributed by atoms with Gasteiger partial charge in [-0.15, -0.1) is 5.92 Å². The van der Waals surface area contributed by atoms with E-state index in [1.807, 2.05) is 20.0 Å². The molecule has 0 spiro atoms. The van der Waals surface area contributed by atoms with E-state index in [1.165, 1.54) is 32.1 Å². The average Bonchev–Trinajstić information content (AvgIpc) is 3.36. The summed E-state index contributed by atoms with van der Waals surface area (Å²) in [6.07, 6.45) is 7.76. The number of anilines is 1. The number of carbonyl (C=O) groups is 4. The maximum Gasteiger partial charge on any atom is 0.410 e. The van der Waals surface area contributed by atoms with E-state index in [1.54, 1.807) is 20.8 Å². The number of allylic oxidation sites excluding steroid dienone is 4. The molecule has 1 aromatic rings. The van der Waals surface area contributed by atoms with E-state index in [0.717, 1.165) is 37.8 Å². The zero-order valence-corrected chi connectivity index (χ0v) is 31.7. The van der Waals surface area contributed by atoms with Crippen LogP contribution in [0, 0.1) is 29.1 Å². The first-order valence-corrected chi connectivity index (χ1v) is 19.0. The van der Waals surface area contributed by atoms with E-state index in [0.29, 0.717) is 37.6 Å². The second kappa shape index (κ2) is 14.4. The first-order chi connectivity index (χ1) is 24.5. The molecule has 5 aliphatic rings. The van der Waals surface area contributed by atoms with E-state index in [2.05, 4.69) is 47.9 Å². The van der Waals surface area contributed by atoms with Crippen LogP contribution in [0.4, 0.5) is 10.5 Å². The molecule has 2 saturated carbocycles. The van der Waals surface area contributed by atoms with Crippen LogP contribution in [0.1, 0.15) is 104 Å². The monoisotopic (exact) mass is 713 g/mol. The van der Waals surface area contributed by atoms with Gasteiger partial charge >= 0.3 is 12.1 Å². The standard InChI is InChI=1S/C42H55N3O7/c1-7-19-42(51)20-18-34-32-16-12-28-24-30(46)15-17-31(28)37(32)33(25-41(34,42)5)27-10-13-29(14-11-27)43(6)21-8-9-36(47)45-23-22-44(26-35(45)38(48)49)39(50)52-40(2,3)4/h10-11,13-14,24,32-35,51H,8-9,12,15-18,20-23,25-26H2,1-6H3,(H,48,49)/t32-,33+,34-,35?,41-,42-/m0/s1. The van der Waals surface area contributed by atoms with Crippen LogP contribution in [-0.4, -0.2) is 94.2 Å². The van der Waals surface area contributed by atoms with E-state index < -0.39 is 29.3 Å². The molecule has 1 saturated heterocycles. The largest absolute Gasteiger partial charge is 0.480 e. The number of hydrogen-bond acceptors (Lipinski definition) is 7. The van der Waals surface area contributed by atoms with E-state index >= 15 is 0 Å². The van der Waals surface area contributed by atoms with Crippen LogP contribution in [0.25, 0.3) is 0 Å². The number of rotatable bonds is 7. The molecule has 2 N–H and O–H groups in total. The van der Waals surface area contributed by atoms with Gasteiger partial charge in [0, 0.05) is 56.5 Å². The highest BCUT2D eigenvalue weighted by Crippen LogP contribution is 2.66. The molecule has 0 radical (unpaired) electrons. The molecule has 1 aromatic carbocycles. The van der Waals surface area contributed by atoms with Crippen molar-refractivity contribution in [3.8, 4) is 11.8 Å². The number of hydrogen-bond donors (Lipinski definition) is 2.